The standard InChI is InChI=1S/C21H21N7O/c1-29-18-10-6-5-9-17(18)26-11-13-27(14-12-26)20-19-21(23-15-22-20)28(25-24-19)16-7-3-2-4-8-16/h2-10,15H,11-14H2,1H3. The highest BCUT2D eigenvalue weighted by Gasteiger charge is 2.23. The summed E-state index contributed by atoms with van der Waals surface area (Å²) in [6, 6.07) is 18.0. The molecule has 5 rings (SSSR count). The Bertz CT molecular complexity index is 1120. The Balaban J connectivity index is 1.41. The summed E-state index contributed by atoms with van der Waals surface area (Å²) in [5.74, 6) is 1.73. The Labute approximate surface area is 168 Å². The van der Waals surface area contributed by atoms with Gasteiger partial charge < -0.3 is 14.5 Å². The van der Waals surface area contributed by atoms with Gasteiger partial charge in [0, 0.05) is 26.2 Å². The van der Waals surface area contributed by atoms with Gasteiger partial charge in [-0.05, 0) is 24.3 Å². The summed E-state index contributed by atoms with van der Waals surface area (Å²) in [6.45, 7) is 3.42. The van der Waals surface area contributed by atoms with Crippen molar-refractivity contribution in [2.24, 2.45) is 0 Å². The molecule has 0 N–H and O–H groups in total. The van der Waals surface area contributed by atoms with Gasteiger partial charge >= 0.3 is 0 Å². The number of anilines is 2. The van der Waals surface area contributed by atoms with Gasteiger partial charge in [-0.2, -0.15) is 4.68 Å². The smallest absolute Gasteiger partial charge is 0.189 e. The molecule has 3 heterocycles. The molecule has 1 saturated heterocycles. The molecule has 2 aromatic carbocycles. The van der Waals surface area contributed by atoms with Crippen molar-refractivity contribution in [1.29, 1.82) is 0 Å². The lowest BCUT2D eigenvalue weighted by Crippen LogP contribution is -2.47. The number of fused-ring (bicyclic) bond motifs is 1. The van der Waals surface area contributed by atoms with Gasteiger partial charge in [0.15, 0.2) is 17.0 Å². The van der Waals surface area contributed by atoms with Gasteiger partial charge in [-0.3, -0.25) is 0 Å². The van der Waals surface area contributed by atoms with Crippen molar-refractivity contribution in [2.45, 2.75) is 0 Å². The van der Waals surface area contributed by atoms with Crippen molar-refractivity contribution < 1.29 is 4.74 Å². The predicted molar refractivity (Wildman–Crippen MR) is 112 cm³/mol. The fourth-order valence-corrected chi connectivity index (χ4v) is 3.76. The van der Waals surface area contributed by atoms with Crippen LogP contribution in [0, 0.1) is 0 Å². The number of para-hydroxylation sites is 3. The van der Waals surface area contributed by atoms with Crippen LogP contribution in [-0.4, -0.2) is 58.3 Å². The van der Waals surface area contributed by atoms with E-state index >= 15 is 0 Å². The van der Waals surface area contributed by atoms with Crippen molar-refractivity contribution in [2.75, 3.05) is 43.1 Å². The van der Waals surface area contributed by atoms with E-state index in [1.54, 1.807) is 18.1 Å². The summed E-state index contributed by atoms with van der Waals surface area (Å²) in [5.41, 5.74) is 3.49. The monoisotopic (exact) mass is 387 g/mol. The molecular formula is C21H21N7O. The fraction of sp³-hybridized carbons (Fsp3) is 0.238. The van der Waals surface area contributed by atoms with Crippen LogP contribution in [0.1, 0.15) is 0 Å². The SMILES string of the molecule is COc1ccccc1N1CCN(c2ncnc3c2nnn3-c2ccccc2)CC1. The Kier molecular flexibility index (Phi) is 4.44. The van der Waals surface area contributed by atoms with Gasteiger partial charge in [-0.1, -0.05) is 35.5 Å². The topological polar surface area (TPSA) is 72.2 Å². The van der Waals surface area contributed by atoms with Gasteiger partial charge in [-0.15, -0.1) is 5.10 Å². The van der Waals surface area contributed by atoms with E-state index in [9.17, 15) is 0 Å². The van der Waals surface area contributed by atoms with E-state index < -0.39 is 0 Å². The van der Waals surface area contributed by atoms with Gasteiger partial charge in [0.1, 0.15) is 12.1 Å². The predicted octanol–water partition coefficient (Wildman–Crippen LogP) is 2.55. The normalized spacial score (nSPS) is 14.4. The molecule has 8 heteroatoms. The number of rotatable bonds is 4. The van der Waals surface area contributed by atoms with Gasteiger partial charge in [0.05, 0.1) is 18.5 Å². The average Bonchev–Trinajstić information content (AvgIpc) is 3.24. The summed E-state index contributed by atoms with van der Waals surface area (Å²) in [7, 11) is 1.71. The number of methoxy groups -OCH3 is 1. The third-order valence-electron chi connectivity index (χ3n) is 5.22. The largest absolute Gasteiger partial charge is 0.495 e. The Morgan fingerprint density at radius 3 is 2.34 bits per heavy atom. The lowest BCUT2D eigenvalue weighted by molar-refractivity contribution is 0.413. The molecule has 0 bridgehead atoms. The van der Waals surface area contributed by atoms with Crippen LogP contribution in [0.3, 0.4) is 0 Å². The highest BCUT2D eigenvalue weighted by atomic mass is 16.5. The maximum absolute atomic E-state index is 5.52. The lowest BCUT2D eigenvalue weighted by Gasteiger charge is -2.37. The van der Waals surface area contributed by atoms with Crippen molar-refractivity contribution in [3.8, 4) is 11.4 Å². The molecule has 0 atom stereocenters. The second-order valence-electron chi connectivity index (χ2n) is 6.85. The Morgan fingerprint density at radius 1 is 0.828 bits per heavy atom. The summed E-state index contributed by atoms with van der Waals surface area (Å²) < 4.78 is 7.27. The summed E-state index contributed by atoms with van der Waals surface area (Å²) in [6.07, 6.45) is 1.59. The second kappa shape index (κ2) is 7.38. The van der Waals surface area contributed by atoms with Crippen molar-refractivity contribution in [3.05, 3.63) is 60.9 Å². The zero-order valence-electron chi connectivity index (χ0n) is 16.1. The van der Waals surface area contributed by atoms with Crippen LogP contribution in [-0.2, 0) is 0 Å². The third-order valence-corrected chi connectivity index (χ3v) is 5.22. The number of ether oxygens (including phenoxy) is 1. The summed E-state index contributed by atoms with van der Waals surface area (Å²) in [4.78, 5) is 13.5. The maximum Gasteiger partial charge on any atom is 0.189 e. The highest BCUT2D eigenvalue weighted by Crippen LogP contribution is 2.30. The number of piperazine rings is 1. The first-order chi connectivity index (χ1) is 14.3. The fourth-order valence-electron chi connectivity index (χ4n) is 3.76. The molecule has 2 aromatic heterocycles. The van der Waals surface area contributed by atoms with E-state index in [1.165, 1.54) is 0 Å². The van der Waals surface area contributed by atoms with E-state index in [1.807, 2.05) is 48.5 Å². The highest BCUT2D eigenvalue weighted by molar-refractivity contribution is 5.83. The van der Waals surface area contributed by atoms with E-state index in [4.69, 9.17) is 4.74 Å². The van der Waals surface area contributed by atoms with Crippen LogP contribution < -0.4 is 14.5 Å². The maximum atomic E-state index is 5.52. The van der Waals surface area contributed by atoms with Crippen LogP contribution in [0.25, 0.3) is 16.9 Å². The first-order valence-corrected chi connectivity index (χ1v) is 9.60. The van der Waals surface area contributed by atoms with Crippen molar-refractivity contribution in [3.63, 3.8) is 0 Å². The molecule has 0 spiro atoms. The van der Waals surface area contributed by atoms with Crippen LogP contribution >= 0.6 is 0 Å². The van der Waals surface area contributed by atoms with Gasteiger partial charge in [0.2, 0.25) is 0 Å². The zero-order valence-corrected chi connectivity index (χ0v) is 16.1. The molecule has 29 heavy (non-hydrogen) atoms. The van der Waals surface area contributed by atoms with Crippen LogP contribution in [0.4, 0.5) is 11.5 Å². The molecule has 0 saturated carbocycles. The molecule has 4 aromatic rings. The molecule has 1 aliphatic heterocycles. The van der Waals surface area contributed by atoms with E-state index in [0.717, 1.165) is 54.6 Å². The van der Waals surface area contributed by atoms with Crippen LogP contribution in [0.5, 0.6) is 5.75 Å². The molecule has 1 aliphatic rings. The van der Waals surface area contributed by atoms with E-state index in [0.29, 0.717) is 5.65 Å². The van der Waals surface area contributed by atoms with Gasteiger partial charge in [0.25, 0.3) is 0 Å². The second-order valence-corrected chi connectivity index (χ2v) is 6.85. The van der Waals surface area contributed by atoms with Crippen molar-refractivity contribution >= 4 is 22.7 Å². The van der Waals surface area contributed by atoms with Crippen molar-refractivity contribution in [1.82, 2.24) is 25.0 Å². The molecule has 0 aliphatic carbocycles. The number of benzene rings is 2. The Morgan fingerprint density at radius 2 is 1.55 bits per heavy atom. The van der Waals surface area contributed by atoms with E-state index in [2.05, 4.69) is 36.1 Å². The van der Waals surface area contributed by atoms with Crippen LogP contribution in [0.2, 0.25) is 0 Å². The number of aromatic nitrogens is 5. The first-order valence-electron chi connectivity index (χ1n) is 9.60. The summed E-state index contributed by atoms with van der Waals surface area (Å²) >= 11 is 0. The third kappa shape index (κ3) is 3.12. The molecule has 0 unspecified atom stereocenters. The quantitative estimate of drug-likeness (QED) is 0.533. The average molecular weight is 387 g/mol. The lowest BCUT2D eigenvalue weighted by atomic mass is 10.2. The minimum atomic E-state index is 0.716. The molecule has 0 amide bonds. The molecule has 8 nitrogen and oxygen atoms in total. The van der Waals surface area contributed by atoms with Gasteiger partial charge in [-0.25, -0.2) is 9.97 Å². The molecule has 146 valence electrons. The number of nitrogens with zero attached hydrogens (tertiary/aromatic N) is 7. The minimum absolute atomic E-state index is 0.716. The zero-order chi connectivity index (χ0) is 19.6. The van der Waals surface area contributed by atoms with E-state index in [-0.39, 0.29) is 0 Å². The number of hydrogen-bond acceptors (Lipinski definition) is 7. The first kappa shape index (κ1) is 17.4. The molecular weight excluding hydrogens is 366 g/mol. The molecule has 0 radical (unpaired) electrons. The Hall–Kier alpha value is -3.68. The minimum Gasteiger partial charge on any atom is -0.495 e. The van der Waals surface area contributed by atoms with Crippen LogP contribution in [0.15, 0.2) is 60.9 Å². The molecule has 1 fully saturated rings. The summed E-state index contributed by atoms with van der Waals surface area (Å²) in [5, 5.41) is 8.70. The number of hydrogen-bond donors (Lipinski definition) is 0.